The number of benzene rings is 2. The van der Waals surface area contributed by atoms with Gasteiger partial charge in [-0.3, -0.25) is 24.5 Å². The van der Waals surface area contributed by atoms with Crippen LogP contribution in [0.3, 0.4) is 0 Å². The number of nitrogens with one attached hydrogen (secondary N) is 2. The molecule has 4 rings (SSSR count). The Morgan fingerprint density at radius 1 is 0.875 bits per heavy atom. The molecule has 7 nitrogen and oxygen atoms in total. The van der Waals surface area contributed by atoms with Gasteiger partial charge in [0.05, 0.1) is 5.92 Å². The number of rotatable bonds is 5. The predicted molar refractivity (Wildman–Crippen MR) is 124 cm³/mol. The molecule has 1 aliphatic rings. The van der Waals surface area contributed by atoms with Gasteiger partial charge < -0.3 is 10.2 Å². The average Bonchev–Trinajstić information content (AvgIpc) is 3.32. The van der Waals surface area contributed by atoms with Crippen molar-refractivity contribution in [2.75, 3.05) is 22.2 Å². The predicted octanol–water partition coefficient (Wildman–Crippen LogP) is 3.79. The number of hydrogen-bond acceptors (Lipinski definition) is 3. The van der Waals surface area contributed by atoms with Crippen LogP contribution < -0.4 is 15.6 Å². The smallest absolute Gasteiger partial charge is 0.270 e. The molecule has 1 saturated heterocycles. The van der Waals surface area contributed by atoms with Crippen molar-refractivity contribution in [3.8, 4) is 0 Å². The van der Waals surface area contributed by atoms with Crippen LogP contribution in [0.2, 0.25) is 0 Å². The van der Waals surface area contributed by atoms with Gasteiger partial charge in [-0.2, -0.15) is 0 Å². The monoisotopic (exact) mass is 430 g/mol. The van der Waals surface area contributed by atoms with Crippen LogP contribution in [-0.2, 0) is 9.59 Å². The molecule has 0 radical (unpaired) electrons. The fourth-order valence-corrected chi connectivity index (χ4v) is 3.82. The van der Waals surface area contributed by atoms with Gasteiger partial charge >= 0.3 is 0 Å². The second-order valence-corrected chi connectivity index (χ2v) is 8.20. The number of anilines is 2. The minimum absolute atomic E-state index is 0.0587. The zero-order valence-corrected chi connectivity index (χ0v) is 18.4. The largest absolute Gasteiger partial charge is 0.326 e. The summed E-state index contributed by atoms with van der Waals surface area (Å²) in [6, 6.07) is 18.3. The number of carbonyl (C=O) groups is 3. The third kappa shape index (κ3) is 4.42. The molecule has 1 fully saturated rings. The Balaban J connectivity index is 1.37. The highest BCUT2D eigenvalue weighted by atomic mass is 16.2. The lowest BCUT2D eigenvalue weighted by atomic mass is 10.1. The maximum atomic E-state index is 12.7. The van der Waals surface area contributed by atoms with Crippen LogP contribution in [0.25, 0.3) is 0 Å². The number of aryl methyl sites for hydroxylation is 3. The summed E-state index contributed by atoms with van der Waals surface area (Å²) in [5, 5.41) is 2.86. The Bertz CT molecular complexity index is 1140. The van der Waals surface area contributed by atoms with Crippen LogP contribution in [0.4, 0.5) is 11.4 Å². The minimum atomic E-state index is -0.425. The van der Waals surface area contributed by atoms with Gasteiger partial charge in [0.2, 0.25) is 11.8 Å². The molecule has 0 aliphatic carbocycles. The van der Waals surface area contributed by atoms with Crippen LogP contribution in [0.1, 0.15) is 33.7 Å². The summed E-state index contributed by atoms with van der Waals surface area (Å²) >= 11 is 0. The standard InChI is InChI=1S/C25H26N4O3/c1-16-4-12-22(13-5-16)28-15-20(14-23(28)30)24(31)26-21-10-8-19(9-11-21)25(32)27-29-17(2)6-7-18(29)3/h4-13,20H,14-15H2,1-3H3,(H,26,31)(H,27,32)/t20-/m0/s1. The van der Waals surface area contributed by atoms with Crippen molar-refractivity contribution >= 4 is 29.1 Å². The van der Waals surface area contributed by atoms with Gasteiger partial charge in [-0.15, -0.1) is 0 Å². The molecule has 0 spiro atoms. The molecule has 1 aliphatic heterocycles. The quantitative estimate of drug-likeness (QED) is 0.646. The molecule has 1 atom stereocenters. The molecular formula is C25H26N4O3. The molecule has 3 amide bonds. The summed E-state index contributed by atoms with van der Waals surface area (Å²) in [4.78, 5) is 39.3. The van der Waals surface area contributed by atoms with Crippen molar-refractivity contribution in [3.63, 3.8) is 0 Å². The first-order chi connectivity index (χ1) is 15.3. The molecule has 164 valence electrons. The normalized spacial score (nSPS) is 15.7. The average molecular weight is 431 g/mol. The second-order valence-electron chi connectivity index (χ2n) is 8.20. The zero-order valence-electron chi connectivity index (χ0n) is 18.4. The number of hydrogen-bond donors (Lipinski definition) is 2. The van der Waals surface area contributed by atoms with E-state index in [1.165, 1.54) is 0 Å². The van der Waals surface area contributed by atoms with Gasteiger partial charge in [-0.1, -0.05) is 17.7 Å². The number of amides is 3. The highest BCUT2D eigenvalue weighted by molar-refractivity contribution is 6.04. The maximum Gasteiger partial charge on any atom is 0.270 e. The SMILES string of the molecule is Cc1ccc(N2C[C@@H](C(=O)Nc3ccc(C(=O)Nn4c(C)ccc4C)cc3)CC2=O)cc1. The van der Waals surface area contributed by atoms with Crippen LogP contribution >= 0.6 is 0 Å². The van der Waals surface area contributed by atoms with E-state index in [-0.39, 0.29) is 24.1 Å². The fraction of sp³-hybridized carbons (Fsp3) is 0.240. The van der Waals surface area contributed by atoms with Crippen LogP contribution in [-0.4, -0.2) is 28.9 Å². The van der Waals surface area contributed by atoms with E-state index in [0.29, 0.717) is 17.8 Å². The van der Waals surface area contributed by atoms with Crippen molar-refractivity contribution in [2.45, 2.75) is 27.2 Å². The van der Waals surface area contributed by atoms with E-state index in [0.717, 1.165) is 22.6 Å². The molecule has 3 aromatic rings. The summed E-state index contributed by atoms with van der Waals surface area (Å²) in [6.07, 6.45) is 0.176. The van der Waals surface area contributed by atoms with E-state index in [2.05, 4.69) is 10.7 Å². The van der Waals surface area contributed by atoms with E-state index >= 15 is 0 Å². The van der Waals surface area contributed by atoms with Crippen LogP contribution in [0.5, 0.6) is 0 Å². The molecule has 7 heteroatoms. The molecule has 1 aromatic heterocycles. The van der Waals surface area contributed by atoms with E-state index < -0.39 is 5.92 Å². The van der Waals surface area contributed by atoms with Gasteiger partial charge in [0.1, 0.15) is 0 Å². The highest BCUT2D eigenvalue weighted by Gasteiger charge is 2.35. The minimum Gasteiger partial charge on any atom is -0.326 e. The second kappa shape index (κ2) is 8.70. The Hall–Kier alpha value is -3.87. The molecule has 0 saturated carbocycles. The summed E-state index contributed by atoms with van der Waals surface area (Å²) < 4.78 is 1.73. The van der Waals surface area contributed by atoms with E-state index in [9.17, 15) is 14.4 Å². The van der Waals surface area contributed by atoms with E-state index in [1.807, 2.05) is 57.2 Å². The van der Waals surface area contributed by atoms with Gasteiger partial charge in [0, 0.05) is 41.3 Å². The van der Waals surface area contributed by atoms with Crippen LogP contribution in [0, 0.1) is 26.7 Å². The lowest BCUT2D eigenvalue weighted by Crippen LogP contribution is -2.28. The molecule has 2 N–H and O–H groups in total. The maximum absolute atomic E-state index is 12.7. The Labute approximate surface area is 187 Å². The molecule has 0 unspecified atom stereocenters. The number of nitrogens with zero attached hydrogens (tertiary/aromatic N) is 2. The lowest BCUT2D eigenvalue weighted by Gasteiger charge is -2.17. The molecule has 0 bridgehead atoms. The summed E-state index contributed by atoms with van der Waals surface area (Å²) in [7, 11) is 0. The van der Waals surface area contributed by atoms with Gasteiger partial charge in [0.15, 0.2) is 0 Å². The zero-order chi connectivity index (χ0) is 22.8. The summed E-state index contributed by atoms with van der Waals surface area (Å²) in [5.74, 6) is -0.924. The first-order valence-corrected chi connectivity index (χ1v) is 10.6. The Kier molecular flexibility index (Phi) is 5.81. The first-order valence-electron chi connectivity index (χ1n) is 10.6. The molecule has 2 aromatic carbocycles. The van der Waals surface area contributed by atoms with Crippen molar-refractivity contribution in [2.24, 2.45) is 5.92 Å². The third-order valence-corrected chi connectivity index (χ3v) is 5.74. The lowest BCUT2D eigenvalue weighted by molar-refractivity contribution is -0.122. The van der Waals surface area contributed by atoms with Crippen molar-refractivity contribution in [1.82, 2.24) is 4.68 Å². The van der Waals surface area contributed by atoms with E-state index in [4.69, 9.17) is 0 Å². The van der Waals surface area contributed by atoms with E-state index in [1.54, 1.807) is 33.8 Å². The van der Waals surface area contributed by atoms with Crippen LogP contribution in [0.15, 0.2) is 60.7 Å². The number of carbonyl (C=O) groups excluding carboxylic acids is 3. The first kappa shape index (κ1) is 21.4. The van der Waals surface area contributed by atoms with Crippen molar-refractivity contribution in [3.05, 3.63) is 83.2 Å². The summed E-state index contributed by atoms with van der Waals surface area (Å²) in [6.45, 7) is 6.17. The fourth-order valence-electron chi connectivity index (χ4n) is 3.82. The summed E-state index contributed by atoms with van der Waals surface area (Å²) in [5.41, 5.74) is 7.72. The van der Waals surface area contributed by atoms with Gasteiger partial charge in [0.25, 0.3) is 5.91 Å². The number of aromatic nitrogens is 1. The Morgan fingerprint density at radius 3 is 2.12 bits per heavy atom. The van der Waals surface area contributed by atoms with Gasteiger partial charge in [-0.25, -0.2) is 0 Å². The van der Waals surface area contributed by atoms with Crippen molar-refractivity contribution in [1.29, 1.82) is 0 Å². The van der Waals surface area contributed by atoms with Gasteiger partial charge in [-0.05, 0) is 69.3 Å². The van der Waals surface area contributed by atoms with Crippen molar-refractivity contribution < 1.29 is 14.4 Å². The highest BCUT2D eigenvalue weighted by Crippen LogP contribution is 2.26. The molecular weight excluding hydrogens is 404 g/mol. The Morgan fingerprint density at radius 2 is 1.50 bits per heavy atom. The third-order valence-electron chi connectivity index (χ3n) is 5.74. The topological polar surface area (TPSA) is 83.4 Å². The molecule has 2 heterocycles. The molecule has 32 heavy (non-hydrogen) atoms.